The molecule has 0 saturated heterocycles. The van der Waals surface area contributed by atoms with E-state index >= 15 is 0 Å². The van der Waals surface area contributed by atoms with Crippen LogP contribution in [0.4, 0.5) is 5.69 Å². The third-order valence-electron chi connectivity index (χ3n) is 3.60. The van der Waals surface area contributed by atoms with Gasteiger partial charge in [0, 0.05) is 32.1 Å². The van der Waals surface area contributed by atoms with Gasteiger partial charge in [-0.1, -0.05) is 25.1 Å². The van der Waals surface area contributed by atoms with Crippen LogP contribution in [0.5, 0.6) is 0 Å². The van der Waals surface area contributed by atoms with E-state index in [-0.39, 0.29) is 41.1 Å². The molecular formula is C16H24IN7O2. The maximum Gasteiger partial charge on any atom is 0.274 e. The van der Waals surface area contributed by atoms with Crippen molar-refractivity contribution >= 4 is 35.6 Å². The normalized spacial score (nSPS) is 10.9. The molecule has 10 heteroatoms. The average Bonchev–Trinajstić information content (AvgIpc) is 3.07. The van der Waals surface area contributed by atoms with Crippen LogP contribution < -0.4 is 10.6 Å². The quantitative estimate of drug-likeness (QED) is 0.200. The number of rotatable bonds is 8. The second kappa shape index (κ2) is 11.4. The summed E-state index contributed by atoms with van der Waals surface area (Å²) >= 11 is 0. The molecule has 2 rings (SSSR count). The van der Waals surface area contributed by atoms with Crippen LogP contribution in [0.15, 0.2) is 35.6 Å². The highest BCUT2D eigenvalue weighted by molar-refractivity contribution is 14.0. The lowest BCUT2D eigenvalue weighted by Gasteiger charge is -2.12. The largest absolute Gasteiger partial charge is 0.357 e. The van der Waals surface area contributed by atoms with Gasteiger partial charge in [0.1, 0.15) is 12.2 Å². The SMILES string of the molecule is CCNC(=NCc1ccccc1[N+](=O)[O-])NCCn1cnnc1CC.I. The van der Waals surface area contributed by atoms with Gasteiger partial charge in [-0.3, -0.25) is 10.1 Å². The molecular weight excluding hydrogens is 449 g/mol. The molecule has 0 atom stereocenters. The first-order valence-corrected chi connectivity index (χ1v) is 8.26. The first-order valence-electron chi connectivity index (χ1n) is 8.26. The van der Waals surface area contributed by atoms with Crippen LogP contribution in [0, 0.1) is 10.1 Å². The number of guanidine groups is 1. The fourth-order valence-corrected chi connectivity index (χ4v) is 2.36. The van der Waals surface area contributed by atoms with Gasteiger partial charge < -0.3 is 15.2 Å². The molecule has 9 nitrogen and oxygen atoms in total. The predicted octanol–water partition coefficient (Wildman–Crippen LogP) is 2.12. The van der Waals surface area contributed by atoms with Crippen LogP contribution in [0.3, 0.4) is 0 Å². The topological polar surface area (TPSA) is 110 Å². The minimum Gasteiger partial charge on any atom is -0.357 e. The zero-order chi connectivity index (χ0) is 18.1. The zero-order valence-electron chi connectivity index (χ0n) is 14.9. The Kier molecular flexibility index (Phi) is 9.55. The van der Waals surface area contributed by atoms with Gasteiger partial charge in [-0.2, -0.15) is 0 Å². The van der Waals surface area contributed by atoms with Gasteiger partial charge >= 0.3 is 0 Å². The standard InChI is InChI=1S/C16H23N7O2.HI/c1-3-15-21-20-12-22(15)10-9-18-16(17-4-2)19-11-13-7-5-6-8-14(13)23(24)25;/h5-8,12H,3-4,9-11H2,1-2H3,(H2,17,18,19);1H. The fourth-order valence-electron chi connectivity index (χ4n) is 2.36. The van der Waals surface area contributed by atoms with E-state index in [9.17, 15) is 10.1 Å². The molecule has 0 radical (unpaired) electrons. The smallest absolute Gasteiger partial charge is 0.274 e. The van der Waals surface area contributed by atoms with E-state index in [0.717, 1.165) is 12.2 Å². The number of hydrogen-bond acceptors (Lipinski definition) is 5. The molecule has 1 heterocycles. The molecule has 0 amide bonds. The summed E-state index contributed by atoms with van der Waals surface area (Å²) in [4.78, 5) is 15.1. The molecule has 1 aromatic carbocycles. The summed E-state index contributed by atoms with van der Waals surface area (Å²) in [5.41, 5.74) is 0.663. The molecule has 0 aliphatic heterocycles. The van der Waals surface area contributed by atoms with Gasteiger partial charge in [0.15, 0.2) is 5.96 Å². The summed E-state index contributed by atoms with van der Waals surface area (Å²) in [5, 5.41) is 25.4. The molecule has 142 valence electrons. The summed E-state index contributed by atoms with van der Waals surface area (Å²) in [6, 6.07) is 6.63. The number of aliphatic imine (C=N–C) groups is 1. The minimum atomic E-state index is -0.385. The molecule has 26 heavy (non-hydrogen) atoms. The lowest BCUT2D eigenvalue weighted by Crippen LogP contribution is -2.38. The first kappa shape index (κ1) is 21.8. The average molecular weight is 473 g/mol. The lowest BCUT2D eigenvalue weighted by atomic mass is 10.2. The van der Waals surface area contributed by atoms with Crippen molar-refractivity contribution in [2.45, 2.75) is 33.4 Å². The fraction of sp³-hybridized carbons (Fsp3) is 0.438. The van der Waals surface area contributed by atoms with Gasteiger partial charge in [0.2, 0.25) is 0 Å². The van der Waals surface area contributed by atoms with Gasteiger partial charge in [0.05, 0.1) is 17.0 Å². The predicted molar refractivity (Wildman–Crippen MR) is 111 cm³/mol. The Balaban J connectivity index is 0.00000338. The summed E-state index contributed by atoms with van der Waals surface area (Å²) in [6.45, 7) is 6.30. The number of aryl methyl sites for hydroxylation is 1. The van der Waals surface area contributed by atoms with Crippen molar-refractivity contribution in [1.82, 2.24) is 25.4 Å². The van der Waals surface area contributed by atoms with Crippen molar-refractivity contribution in [3.63, 3.8) is 0 Å². The Labute approximate surface area is 169 Å². The van der Waals surface area contributed by atoms with Crippen LogP contribution >= 0.6 is 24.0 Å². The molecule has 0 bridgehead atoms. The van der Waals surface area contributed by atoms with E-state index < -0.39 is 0 Å². The van der Waals surface area contributed by atoms with Crippen LogP contribution in [0.2, 0.25) is 0 Å². The molecule has 1 aromatic heterocycles. The number of nitro benzene ring substituents is 1. The maximum atomic E-state index is 11.1. The van der Waals surface area contributed by atoms with Crippen LogP contribution in [0.25, 0.3) is 0 Å². The highest BCUT2D eigenvalue weighted by Gasteiger charge is 2.11. The number of hydrogen-bond donors (Lipinski definition) is 2. The molecule has 2 aromatic rings. The summed E-state index contributed by atoms with van der Waals surface area (Å²) in [6.07, 6.45) is 2.53. The first-order chi connectivity index (χ1) is 12.2. The van der Waals surface area contributed by atoms with Crippen molar-refractivity contribution in [2.75, 3.05) is 13.1 Å². The number of halogens is 1. The second-order valence-corrected chi connectivity index (χ2v) is 5.30. The van der Waals surface area contributed by atoms with E-state index in [4.69, 9.17) is 0 Å². The molecule has 2 N–H and O–H groups in total. The highest BCUT2D eigenvalue weighted by Crippen LogP contribution is 2.18. The van der Waals surface area contributed by atoms with Gasteiger partial charge in [0.25, 0.3) is 5.69 Å². The van der Waals surface area contributed by atoms with Crippen molar-refractivity contribution in [2.24, 2.45) is 4.99 Å². The van der Waals surface area contributed by atoms with Gasteiger partial charge in [-0.25, -0.2) is 4.99 Å². The summed E-state index contributed by atoms with van der Waals surface area (Å²) in [5.74, 6) is 1.55. The van der Waals surface area contributed by atoms with Crippen molar-refractivity contribution < 1.29 is 4.92 Å². The van der Waals surface area contributed by atoms with E-state index in [1.807, 2.05) is 18.4 Å². The molecule has 0 aliphatic carbocycles. The Morgan fingerprint density at radius 3 is 2.77 bits per heavy atom. The monoisotopic (exact) mass is 473 g/mol. The van der Waals surface area contributed by atoms with E-state index in [0.29, 0.717) is 31.2 Å². The third-order valence-corrected chi connectivity index (χ3v) is 3.60. The summed E-state index contributed by atoms with van der Waals surface area (Å²) < 4.78 is 1.98. The number of aromatic nitrogens is 3. The number of nitrogens with zero attached hydrogens (tertiary/aromatic N) is 5. The molecule has 0 aliphatic rings. The van der Waals surface area contributed by atoms with Gasteiger partial charge in [-0.15, -0.1) is 34.2 Å². The minimum absolute atomic E-state index is 0. The van der Waals surface area contributed by atoms with Gasteiger partial charge in [-0.05, 0) is 6.92 Å². The van der Waals surface area contributed by atoms with E-state index in [1.54, 1.807) is 24.5 Å². The van der Waals surface area contributed by atoms with E-state index in [2.05, 4.69) is 25.8 Å². The van der Waals surface area contributed by atoms with Crippen LogP contribution in [0.1, 0.15) is 25.2 Å². The lowest BCUT2D eigenvalue weighted by molar-refractivity contribution is -0.385. The number of nitro groups is 1. The van der Waals surface area contributed by atoms with Crippen LogP contribution in [-0.4, -0.2) is 38.7 Å². The molecule has 0 spiro atoms. The van der Waals surface area contributed by atoms with Crippen molar-refractivity contribution in [1.29, 1.82) is 0 Å². The Morgan fingerprint density at radius 1 is 1.31 bits per heavy atom. The Hall–Kier alpha value is -2.24. The Morgan fingerprint density at radius 2 is 2.08 bits per heavy atom. The highest BCUT2D eigenvalue weighted by atomic mass is 127. The maximum absolute atomic E-state index is 11.1. The third kappa shape index (κ3) is 6.24. The van der Waals surface area contributed by atoms with Crippen molar-refractivity contribution in [3.05, 3.63) is 52.1 Å². The second-order valence-electron chi connectivity index (χ2n) is 5.30. The van der Waals surface area contributed by atoms with Crippen molar-refractivity contribution in [3.8, 4) is 0 Å². The zero-order valence-corrected chi connectivity index (χ0v) is 17.2. The van der Waals surface area contributed by atoms with E-state index in [1.165, 1.54) is 6.07 Å². The number of nitrogens with one attached hydrogen (secondary N) is 2. The molecule has 0 fully saturated rings. The van der Waals surface area contributed by atoms with Crippen LogP contribution in [-0.2, 0) is 19.5 Å². The Bertz CT molecular complexity index is 733. The molecule has 0 saturated carbocycles. The number of para-hydroxylation sites is 1. The molecule has 0 unspecified atom stereocenters. The summed E-state index contributed by atoms with van der Waals surface area (Å²) in [7, 11) is 0. The number of benzene rings is 1.